The van der Waals surface area contributed by atoms with Crippen molar-refractivity contribution < 1.29 is 4.79 Å². The van der Waals surface area contributed by atoms with Crippen molar-refractivity contribution in [3.63, 3.8) is 0 Å². The number of thiophene rings is 1. The zero-order valence-corrected chi connectivity index (χ0v) is 14.8. The van der Waals surface area contributed by atoms with E-state index in [4.69, 9.17) is 23.2 Å². The standard InChI is InChI=1S/C14H10Cl2N4OS2/c15-12-6-10(13(16)23-12)11(21)8-22-14-17-18-19-20(14)7-9-4-2-1-3-5-9/h1-6H,7-8H2. The van der Waals surface area contributed by atoms with Crippen molar-refractivity contribution in [2.45, 2.75) is 11.7 Å². The van der Waals surface area contributed by atoms with E-state index in [9.17, 15) is 4.79 Å². The number of rotatable bonds is 6. The third kappa shape index (κ3) is 4.11. The highest BCUT2D eigenvalue weighted by Gasteiger charge is 2.16. The second kappa shape index (κ2) is 7.44. The topological polar surface area (TPSA) is 60.7 Å². The number of nitrogens with zero attached hydrogens (tertiary/aromatic N) is 4. The zero-order valence-electron chi connectivity index (χ0n) is 11.6. The fourth-order valence-electron chi connectivity index (χ4n) is 1.89. The van der Waals surface area contributed by atoms with Crippen LogP contribution >= 0.6 is 46.3 Å². The average Bonchev–Trinajstić information content (AvgIpc) is 3.12. The molecule has 0 aliphatic carbocycles. The number of benzene rings is 1. The number of carbonyl (C=O) groups is 1. The summed E-state index contributed by atoms with van der Waals surface area (Å²) in [5.41, 5.74) is 1.52. The molecule has 23 heavy (non-hydrogen) atoms. The van der Waals surface area contributed by atoms with Gasteiger partial charge in [0.1, 0.15) is 4.34 Å². The van der Waals surface area contributed by atoms with E-state index in [-0.39, 0.29) is 11.5 Å². The van der Waals surface area contributed by atoms with Gasteiger partial charge in [-0.25, -0.2) is 4.68 Å². The highest BCUT2D eigenvalue weighted by atomic mass is 35.5. The van der Waals surface area contributed by atoms with Gasteiger partial charge in [0, 0.05) is 5.56 Å². The van der Waals surface area contributed by atoms with E-state index in [0.29, 0.717) is 25.9 Å². The fraction of sp³-hybridized carbons (Fsp3) is 0.143. The van der Waals surface area contributed by atoms with Gasteiger partial charge in [-0.1, -0.05) is 65.3 Å². The molecular weight excluding hydrogens is 375 g/mol. The summed E-state index contributed by atoms with van der Waals surface area (Å²) in [6.07, 6.45) is 0. The number of ketones is 1. The Bertz CT molecular complexity index is 819. The van der Waals surface area contributed by atoms with Crippen LogP contribution in [0.3, 0.4) is 0 Å². The van der Waals surface area contributed by atoms with Crippen molar-refractivity contribution in [3.05, 3.63) is 56.2 Å². The predicted molar refractivity (Wildman–Crippen MR) is 92.8 cm³/mol. The van der Waals surface area contributed by atoms with Gasteiger partial charge in [0.25, 0.3) is 0 Å². The van der Waals surface area contributed by atoms with Crippen LogP contribution < -0.4 is 0 Å². The third-order valence-electron chi connectivity index (χ3n) is 2.96. The Balaban J connectivity index is 1.66. The van der Waals surface area contributed by atoms with E-state index in [0.717, 1.165) is 5.56 Å². The number of hydrogen-bond donors (Lipinski definition) is 0. The summed E-state index contributed by atoms with van der Waals surface area (Å²) < 4.78 is 2.57. The second-order valence-electron chi connectivity index (χ2n) is 4.55. The highest BCUT2D eigenvalue weighted by molar-refractivity contribution is 7.99. The molecule has 9 heteroatoms. The Morgan fingerprint density at radius 1 is 1.26 bits per heavy atom. The van der Waals surface area contributed by atoms with Gasteiger partial charge in [0.15, 0.2) is 5.78 Å². The first-order chi connectivity index (χ1) is 11.1. The first-order valence-corrected chi connectivity index (χ1v) is 9.10. The van der Waals surface area contributed by atoms with Crippen molar-refractivity contribution in [3.8, 4) is 0 Å². The molecule has 0 amide bonds. The zero-order chi connectivity index (χ0) is 16.2. The third-order valence-corrected chi connectivity index (χ3v) is 5.41. The summed E-state index contributed by atoms with van der Waals surface area (Å²) in [6, 6.07) is 11.4. The molecule has 0 N–H and O–H groups in total. The minimum atomic E-state index is -0.0996. The number of thioether (sulfide) groups is 1. The Hall–Kier alpha value is -1.41. The molecule has 2 heterocycles. The molecule has 2 aromatic heterocycles. The van der Waals surface area contributed by atoms with E-state index in [1.165, 1.54) is 23.1 Å². The molecule has 0 bridgehead atoms. The van der Waals surface area contributed by atoms with Crippen LogP contribution in [0.25, 0.3) is 0 Å². The molecule has 0 fully saturated rings. The number of hydrogen-bond acceptors (Lipinski definition) is 6. The van der Waals surface area contributed by atoms with Crippen LogP contribution in [0.5, 0.6) is 0 Å². The van der Waals surface area contributed by atoms with Gasteiger partial charge >= 0.3 is 0 Å². The van der Waals surface area contributed by atoms with E-state index in [1.807, 2.05) is 30.3 Å². The maximum Gasteiger partial charge on any atom is 0.210 e. The minimum Gasteiger partial charge on any atom is -0.293 e. The van der Waals surface area contributed by atoms with Crippen molar-refractivity contribution in [2.75, 3.05) is 5.75 Å². The molecule has 0 saturated heterocycles. The molecule has 5 nitrogen and oxygen atoms in total. The summed E-state index contributed by atoms with van der Waals surface area (Å²) in [5, 5.41) is 12.2. The largest absolute Gasteiger partial charge is 0.293 e. The molecule has 0 radical (unpaired) electrons. The van der Waals surface area contributed by atoms with Crippen LogP contribution in [0.1, 0.15) is 15.9 Å². The van der Waals surface area contributed by atoms with E-state index >= 15 is 0 Å². The van der Waals surface area contributed by atoms with Crippen molar-refractivity contribution in [1.29, 1.82) is 0 Å². The molecule has 0 unspecified atom stereocenters. The lowest BCUT2D eigenvalue weighted by Gasteiger charge is -2.04. The summed E-state index contributed by atoms with van der Waals surface area (Å²) >= 11 is 14.3. The van der Waals surface area contributed by atoms with Crippen molar-refractivity contribution in [2.24, 2.45) is 0 Å². The Labute approximate surface area is 150 Å². The van der Waals surface area contributed by atoms with Crippen LogP contribution in [0.15, 0.2) is 41.6 Å². The normalized spacial score (nSPS) is 10.9. The smallest absolute Gasteiger partial charge is 0.210 e. The van der Waals surface area contributed by atoms with E-state index < -0.39 is 0 Å². The summed E-state index contributed by atoms with van der Waals surface area (Å²) in [7, 11) is 0. The minimum absolute atomic E-state index is 0.0996. The number of Topliss-reactive ketones (excluding diaryl/α,β-unsaturated/α-hetero) is 1. The van der Waals surface area contributed by atoms with Gasteiger partial charge in [-0.3, -0.25) is 4.79 Å². The quantitative estimate of drug-likeness (QED) is 0.473. The highest BCUT2D eigenvalue weighted by Crippen LogP contribution is 2.32. The number of carbonyl (C=O) groups excluding carboxylic acids is 1. The van der Waals surface area contributed by atoms with E-state index in [1.54, 1.807) is 10.7 Å². The van der Waals surface area contributed by atoms with Crippen LogP contribution in [-0.4, -0.2) is 31.7 Å². The summed E-state index contributed by atoms with van der Waals surface area (Å²) in [5.74, 6) is 0.0968. The van der Waals surface area contributed by atoms with Crippen LogP contribution in [0, 0.1) is 0 Å². The molecular formula is C14H10Cl2N4OS2. The number of aromatic nitrogens is 4. The molecule has 0 aliphatic heterocycles. The van der Waals surface area contributed by atoms with Gasteiger partial charge < -0.3 is 0 Å². The first-order valence-electron chi connectivity index (χ1n) is 6.54. The van der Waals surface area contributed by atoms with Gasteiger partial charge in [-0.2, -0.15) is 0 Å². The summed E-state index contributed by atoms with van der Waals surface area (Å²) in [6.45, 7) is 0.551. The lowest BCUT2D eigenvalue weighted by molar-refractivity contribution is 0.102. The van der Waals surface area contributed by atoms with Crippen LogP contribution in [-0.2, 0) is 6.54 Å². The molecule has 3 aromatic rings. The molecule has 0 aliphatic rings. The molecule has 0 spiro atoms. The van der Waals surface area contributed by atoms with Gasteiger partial charge in [0.2, 0.25) is 5.16 Å². The second-order valence-corrected chi connectivity index (χ2v) is 7.78. The van der Waals surface area contributed by atoms with Gasteiger partial charge in [-0.15, -0.1) is 16.4 Å². The van der Waals surface area contributed by atoms with Crippen LogP contribution in [0.2, 0.25) is 8.67 Å². The Morgan fingerprint density at radius 3 is 2.74 bits per heavy atom. The fourth-order valence-corrected chi connectivity index (χ4v) is 4.15. The molecule has 1 aromatic carbocycles. The lowest BCUT2D eigenvalue weighted by atomic mass is 10.2. The Kier molecular flexibility index (Phi) is 5.32. The molecule has 118 valence electrons. The van der Waals surface area contributed by atoms with Gasteiger partial charge in [0.05, 0.1) is 16.6 Å². The monoisotopic (exact) mass is 384 g/mol. The molecule has 0 atom stereocenters. The maximum absolute atomic E-state index is 12.2. The average molecular weight is 385 g/mol. The van der Waals surface area contributed by atoms with Crippen molar-refractivity contribution in [1.82, 2.24) is 20.2 Å². The first kappa shape index (κ1) is 16.4. The number of halogens is 2. The predicted octanol–water partition coefficient (Wildman–Crippen LogP) is 4.06. The van der Waals surface area contributed by atoms with E-state index in [2.05, 4.69) is 15.5 Å². The summed E-state index contributed by atoms with van der Waals surface area (Å²) in [4.78, 5) is 12.2. The number of tetrazole rings is 1. The lowest BCUT2D eigenvalue weighted by Crippen LogP contribution is -2.06. The van der Waals surface area contributed by atoms with Crippen LogP contribution in [0.4, 0.5) is 0 Å². The SMILES string of the molecule is O=C(CSc1nnnn1Cc1ccccc1)c1cc(Cl)sc1Cl. The van der Waals surface area contributed by atoms with Gasteiger partial charge in [-0.05, 0) is 22.1 Å². The van der Waals surface area contributed by atoms with Crippen molar-refractivity contribution >= 4 is 52.1 Å². The maximum atomic E-state index is 12.2. The molecule has 3 rings (SSSR count). The Morgan fingerprint density at radius 2 is 2.04 bits per heavy atom. The molecule has 0 saturated carbocycles.